The second-order valence-corrected chi connectivity index (χ2v) is 6.43. The van der Waals surface area contributed by atoms with E-state index in [0.717, 1.165) is 28.2 Å². The number of benzene rings is 1. The maximum atomic E-state index is 12.8. The second kappa shape index (κ2) is 6.75. The Hall–Kier alpha value is -2.55. The minimum atomic E-state index is -4.45. The van der Waals surface area contributed by atoms with Crippen LogP contribution in [-0.2, 0) is 19.1 Å². The molecule has 0 bridgehead atoms. The summed E-state index contributed by atoms with van der Waals surface area (Å²) in [6.45, 7) is 1.88. The number of carbonyl (C=O) groups is 1. The van der Waals surface area contributed by atoms with Crippen molar-refractivity contribution < 1.29 is 18.0 Å². The number of hydrogen-bond donors (Lipinski definition) is 0. The van der Waals surface area contributed by atoms with Gasteiger partial charge in [-0.2, -0.15) is 18.0 Å². The van der Waals surface area contributed by atoms with E-state index in [4.69, 9.17) is 0 Å². The summed E-state index contributed by atoms with van der Waals surface area (Å²) in [5.41, 5.74) is -0.596. The maximum Gasteiger partial charge on any atom is 0.416 e. The van der Waals surface area contributed by atoms with Crippen molar-refractivity contribution in [2.75, 3.05) is 0 Å². The Morgan fingerprint density at radius 3 is 2.72 bits per heavy atom. The van der Waals surface area contributed by atoms with Crippen molar-refractivity contribution in [3.63, 3.8) is 0 Å². The average molecular weight is 366 g/mol. The molecule has 0 atom stereocenters. The molecule has 1 aromatic carbocycles. The Morgan fingerprint density at radius 1 is 1.24 bits per heavy atom. The molecular formula is C16H13F3N4OS. The topological polar surface area (TPSA) is 60.7 Å². The van der Waals surface area contributed by atoms with E-state index in [1.807, 2.05) is 13.0 Å². The molecule has 0 fully saturated rings. The minimum Gasteiger partial charge on any atom is -0.291 e. The number of Topliss-reactive ketones (excluding diaryl/α,β-unsaturated/α-hetero) is 1. The minimum absolute atomic E-state index is 0.0410. The number of halogens is 3. The predicted octanol–water partition coefficient (Wildman–Crippen LogP) is 3.87. The van der Waals surface area contributed by atoms with Crippen LogP contribution in [0.15, 0.2) is 36.4 Å². The van der Waals surface area contributed by atoms with Gasteiger partial charge in [0, 0.05) is 10.4 Å². The molecule has 0 spiro atoms. The molecule has 9 heteroatoms. The first-order valence-electron chi connectivity index (χ1n) is 7.44. The summed E-state index contributed by atoms with van der Waals surface area (Å²) in [6.07, 6.45) is -3.60. The highest BCUT2D eigenvalue weighted by Crippen LogP contribution is 2.31. The molecule has 3 rings (SSSR count). The van der Waals surface area contributed by atoms with Crippen LogP contribution < -0.4 is 0 Å². The second-order valence-electron chi connectivity index (χ2n) is 5.26. The summed E-state index contributed by atoms with van der Waals surface area (Å²) in [4.78, 5) is 15.0. The zero-order valence-electron chi connectivity index (χ0n) is 13.1. The lowest BCUT2D eigenvalue weighted by Crippen LogP contribution is -2.12. The van der Waals surface area contributed by atoms with Gasteiger partial charge in [0.1, 0.15) is 6.54 Å². The number of aryl methyl sites for hydroxylation is 1. The molecule has 0 saturated heterocycles. The van der Waals surface area contributed by atoms with E-state index >= 15 is 0 Å². The first-order chi connectivity index (χ1) is 11.9. The van der Waals surface area contributed by atoms with E-state index < -0.39 is 11.7 Å². The molecule has 0 aliphatic carbocycles. The molecule has 5 nitrogen and oxygen atoms in total. The van der Waals surface area contributed by atoms with Gasteiger partial charge >= 0.3 is 6.18 Å². The lowest BCUT2D eigenvalue weighted by Gasteiger charge is -2.06. The third kappa shape index (κ3) is 3.93. The third-order valence-electron chi connectivity index (χ3n) is 3.47. The number of nitrogens with zero attached hydrogens (tertiary/aromatic N) is 4. The van der Waals surface area contributed by atoms with Gasteiger partial charge in [-0.1, -0.05) is 19.1 Å². The summed E-state index contributed by atoms with van der Waals surface area (Å²) < 4.78 is 38.3. The van der Waals surface area contributed by atoms with Crippen LogP contribution in [0.1, 0.15) is 27.0 Å². The van der Waals surface area contributed by atoms with E-state index in [9.17, 15) is 18.0 Å². The zero-order valence-corrected chi connectivity index (χ0v) is 13.9. The van der Waals surface area contributed by atoms with Crippen LogP contribution in [0.3, 0.4) is 0 Å². The number of carbonyl (C=O) groups excluding carboxylic acids is 1. The van der Waals surface area contributed by atoms with Gasteiger partial charge < -0.3 is 0 Å². The fraction of sp³-hybridized carbons (Fsp3) is 0.250. The molecule has 0 N–H and O–H groups in total. The number of tetrazole rings is 1. The van der Waals surface area contributed by atoms with Crippen LogP contribution in [0.4, 0.5) is 13.2 Å². The summed E-state index contributed by atoms with van der Waals surface area (Å²) >= 11 is 1.40. The molecular weight excluding hydrogens is 353 g/mol. The Labute approximate surface area is 145 Å². The van der Waals surface area contributed by atoms with Crippen LogP contribution in [0.25, 0.3) is 11.4 Å². The van der Waals surface area contributed by atoms with Crippen molar-refractivity contribution in [2.24, 2.45) is 0 Å². The van der Waals surface area contributed by atoms with Gasteiger partial charge in [-0.15, -0.1) is 21.5 Å². The highest BCUT2D eigenvalue weighted by atomic mass is 32.1. The van der Waals surface area contributed by atoms with Crippen LogP contribution in [0.2, 0.25) is 0 Å². The molecule has 0 unspecified atom stereocenters. The fourth-order valence-electron chi connectivity index (χ4n) is 2.18. The highest BCUT2D eigenvalue weighted by Gasteiger charge is 2.30. The molecule has 130 valence electrons. The van der Waals surface area contributed by atoms with Gasteiger partial charge in [0.25, 0.3) is 0 Å². The van der Waals surface area contributed by atoms with Gasteiger partial charge in [0.05, 0.1) is 10.4 Å². The summed E-state index contributed by atoms with van der Waals surface area (Å²) in [6, 6.07) is 8.31. The molecule has 0 aliphatic heterocycles. The molecule has 0 saturated carbocycles. The molecule has 0 aliphatic rings. The smallest absolute Gasteiger partial charge is 0.291 e. The molecule has 0 amide bonds. The van der Waals surface area contributed by atoms with Crippen LogP contribution >= 0.6 is 11.3 Å². The molecule has 0 radical (unpaired) electrons. The quantitative estimate of drug-likeness (QED) is 0.643. The van der Waals surface area contributed by atoms with E-state index in [1.165, 1.54) is 23.5 Å². The van der Waals surface area contributed by atoms with Crippen LogP contribution in [0.5, 0.6) is 0 Å². The van der Waals surface area contributed by atoms with E-state index in [2.05, 4.69) is 15.4 Å². The number of ketones is 1. The van der Waals surface area contributed by atoms with Crippen molar-refractivity contribution in [1.82, 2.24) is 20.2 Å². The normalized spacial score (nSPS) is 11.7. The number of rotatable bonds is 5. The van der Waals surface area contributed by atoms with Crippen LogP contribution in [-0.4, -0.2) is 26.0 Å². The van der Waals surface area contributed by atoms with Gasteiger partial charge in [0.15, 0.2) is 5.78 Å². The first-order valence-corrected chi connectivity index (χ1v) is 8.26. The number of thiophene rings is 1. The largest absolute Gasteiger partial charge is 0.416 e. The van der Waals surface area contributed by atoms with Crippen molar-refractivity contribution in [1.29, 1.82) is 0 Å². The number of alkyl halides is 3. The summed E-state index contributed by atoms with van der Waals surface area (Å²) in [5.74, 6) is -0.128. The average Bonchev–Trinajstić information content (AvgIpc) is 3.23. The third-order valence-corrected chi connectivity index (χ3v) is 4.74. The van der Waals surface area contributed by atoms with Crippen molar-refractivity contribution in [3.05, 3.63) is 51.7 Å². The summed E-state index contributed by atoms with van der Waals surface area (Å²) in [5, 5.41) is 11.5. The SMILES string of the molecule is CCc1ccc(C(=O)Cn2nnc(-c3cccc(C(F)(F)F)c3)n2)s1. The van der Waals surface area contributed by atoms with Gasteiger partial charge in [-0.25, -0.2) is 0 Å². The van der Waals surface area contributed by atoms with Crippen LogP contribution in [0, 0.1) is 0 Å². The van der Waals surface area contributed by atoms with Gasteiger partial charge in [-0.3, -0.25) is 4.79 Å². The number of aromatic nitrogens is 4. The molecule has 25 heavy (non-hydrogen) atoms. The monoisotopic (exact) mass is 366 g/mol. The van der Waals surface area contributed by atoms with Crippen molar-refractivity contribution in [2.45, 2.75) is 26.1 Å². The Balaban J connectivity index is 1.77. The van der Waals surface area contributed by atoms with Gasteiger partial charge in [-0.05, 0) is 35.9 Å². The summed E-state index contributed by atoms with van der Waals surface area (Å²) in [7, 11) is 0. The predicted molar refractivity (Wildman–Crippen MR) is 86.3 cm³/mol. The Kier molecular flexibility index (Phi) is 4.67. The highest BCUT2D eigenvalue weighted by molar-refractivity contribution is 7.14. The lowest BCUT2D eigenvalue weighted by molar-refractivity contribution is -0.137. The van der Waals surface area contributed by atoms with E-state index in [0.29, 0.717) is 4.88 Å². The van der Waals surface area contributed by atoms with Crippen molar-refractivity contribution in [3.8, 4) is 11.4 Å². The van der Waals surface area contributed by atoms with Gasteiger partial charge in [0.2, 0.25) is 5.82 Å². The Bertz CT molecular complexity index is 901. The van der Waals surface area contributed by atoms with Crippen molar-refractivity contribution >= 4 is 17.1 Å². The standard InChI is InChI=1S/C16H13F3N4OS/c1-2-12-6-7-14(25-12)13(24)9-23-21-15(20-22-23)10-4-3-5-11(8-10)16(17,18)19/h3-8H,2,9H2,1H3. The Morgan fingerprint density at radius 2 is 2.04 bits per heavy atom. The lowest BCUT2D eigenvalue weighted by atomic mass is 10.1. The maximum absolute atomic E-state index is 12.8. The first kappa shape index (κ1) is 17.3. The van der Waals surface area contributed by atoms with E-state index in [1.54, 1.807) is 6.07 Å². The van der Waals surface area contributed by atoms with E-state index in [-0.39, 0.29) is 23.7 Å². The number of hydrogen-bond acceptors (Lipinski definition) is 5. The molecule has 2 heterocycles. The molecule has 2 aromatic heterocycles. The zero-order chi connectivity index (χ0) is 18.0. The molecule has 3 aromatic rings. The fourth-order valence-corrected chi connectivity index (χ4v) is 3.06.